The number of aromatic carboxylic acids is 1. The van der Waals surface area contributed by atoms with Crippen molar-refractivity contribution in [3.63, 3.8) is 0 Å². The Hall–Kier alpha value is -1.07. The second-order valence-electron chi connectivity index (χ2n) is 3.78. The molecule has 0 atom stereocenters. The van der Waals surface area contributed by atoms with Crippen LogP contribution in [0.25, 0.3) is 0 Å². The number of aliphatic hydroxyl groups excluding tert-OH is 2. The number of carboxylic acid groups (broad SMARTS) is 1. The highest BCUT2D eigenvalue weighted by Gasteiger charge is 2.33. The normalized spacial score (nSPS) is 12.6. The van der Waals surface area contributed by atoms with E-state index in [9.17, 15) is 13.2 Å². The maximum Gasteiger partial charge on any atom is 0.356 e. The zero-order valence-electron chi connectivity index (χ0n) is 9.32. The Balaban J connectivity index is 3.15. The molecular weight excluding hydrogens is 284 g/mol. The molecule has 0 radical (unpaired) electrons. The number of hydrogen-bond acceptors (Lipinski definition) is 7. The molecule has 4 N–H and O–H groups in total. The Kier molecular flexibility index (Phi) is 4.40. The molecule has 102 valence electrons. The van der Waals surface area contributed by atoms with Gasteiger partial charge in [0.05, 0.1) is 24.3 Å². The van der Waals surface area contributed by atoms with E-state index in [-0.39, 0.29) is 0 Å². The number of nitrogens with zero attached hydrogens (tertiary/aromatic N) is 1. The summed E-state index contributed by atoms with van der Waals surface area (Å²) in [6, 6.07) is 0. The van der Waals surface area contributed by atoms with Crippen molar-refractivity contribution in [3.05, 3.63) is 11.2 Å². The van der Waals surface area contributed by atoms with Crippen molar-refractivity contribution in [2.45, 2.75) is 16.7 Å². The molecule has 1 aromatic rings. The van der Waals surface area contributed by atoms with E-state index in [1.54, 1.807) is 0 Å². The van der Waals surface area contributed by atoms with Gasteiger partial charge in [-0.15, -0.1) is 11.3 Å². The molecule has 0 saturated carbocycles. The van der Waals surface area contributed by atoms with E-state index in [4.69, 9.17) is 15.3 Å². The summed E-state index contributed by atoms with van der Waals surface area (Å²) in [7, 11) is -4.17. The van der Waals surface area contributed by atoms with Crippen molar-refractivity contribution in [1.29, 1.82) is 0 Å². The Bertz CT molecular complexity index is 534. The molecule has 1 aromatic heterocycles. The molecular formula is C8H12N2O6S2. The van der Waals surface area contributed by atoms with Crippen LogP contribution in [0.15, 0.2) is 9.72 Å². The minimum atomic E-state index is -4.17. The van der Waals surface area contributed by atoms with Crippen LogP contribution >= 0.6 is 11.3 Å². The molecule has 0 unspecified atom stereocenters. The third-order valence-corrected chi connectivity index (χ3v) is 5.07. The summed E-state index contributed by atoms with van der Waals surface area (Å²) in [5, 5.41) is 26.8. The van der Waals surface area contributed by atoms with Crippen LogP contribution in [-0.2, 0) is 10.0 Å². The van der Waals surface area contributed by atoms with Crippen molar-refractivity contribution in [2.24, 2.45) is 0 Å². The van der Waals surface area contributed by atoms with Crippen molar-refractivity contribution >= 4 is 27.3 Å². The van der Waals surface area contributed by atoms with Gasteiger partial charge in [-0.1, -0.05) is 0 Å². The average molecular weight is 296 g/mol. The quantitative estimate of drug-likeness (QED) is 0.521. The summed E-state index contributed by atoms with van der Waals surface area (Å²) < 4.78 is 25.4. The molecule has 0 aliphatic carbocycles. The third-order valence-electron chi connectivity index (χ3n) is 2.06. The molecule has 10 heteroatoms. The summed E-state index contributed by atoms with van der Waals surface area (Å²) in [5.74, 6) is -1.47. The number of aromatic nitrogens is 1. The van der Waals surface area contributed by atoms with Gasteiger partial charge in [-0.3, -0.25) is 0 Å². The second kappa shape index (κ2) is 5.28. The van der Waals surface area contributed by atoms with E-state index in [0.717, 1.165) is 5.51 Å². The van der Waals surface area contributed by atoms with Crippen LogP contribution in [0.5, 0.6) is 0 Å². The van der Waals surface area contributed by atoms with E-state index in [1.165, 1.54) is 6.92 Å². The number of carbonyl (C=O) groups is 1. The molecule has 0 bridgehead atoms. The summed E-state index contributed by atoms with van der Waals surface area (Å²) in [4.78, 5) is 14.2. The van der Waals surface area contributed by atoms with Crippen LogP contribution in [-0.4, -0.2) is 53.4 Å². The van der Waals surface area contributed by atoms with Crippen LogP contribution < -0.4 is 4.72 Å². The smallest absolute Gasteiger partial charge is 0.356 e. The van der Waals surface area contributed by atoms with Crippen LogP contribution in [0.2, 0.25) is 0 Å². The molecule has 1 heterocycles. The lowest BCUT2D eigenvalue weighted by Crippen LogP contribution is -2.51. The van der Waals surface area contributed by atoms with Crippen molar-refractivity contribution in [1.82, 2.24) is 9.71 Å². The first-order valence-electron chi connectivity index (χ1n) is 4.68. The van der Waals surface area contributed by atoms with Gasteiger partial charge in [-0.25, -0.2) is 18.2 Å². The van der Waals surface area contributed by atoms with E-state index in [1.807, 2.05) is 4.72 Å². The molecule has 0 saturated heterocycles. The first kappa shape index (κ1) is 15.0. The number of thiazole rings is 1. The highest BCUT2D eigenvalue weighted by molar-refractivity contribution is 7.91. The van der Waals surface area contributed by atoms with Crippen molar-refractivity contribution < 1.29 is 28.5 Å². The van der Waals surface area contributed by atoms with E-state index < -0.39 is 44.6 Å². The summed E-state index contributed by atoms with van der Waals surface area (Å²) in [6.07, 6.45) is 0. The first-order valence-corrected chi connectivity index (χ1v) is 7.04. The summed E-state index contributed by atoms with van der Waals surface area (Å²) in [6.45, 7) is 0.0138. The fraction of sp³-hybridized carbons (Fsp3) is 0.500. The number of sulfonamides is 1. The first-order chi connectivity index (χ1) is 8.25. The Labute approximate surface area is 107 Å². The van der Waals surface area contributed by atoms with E-state index in [0.29, 0.717) is 11.3 Å². The topological polar surface area (TPSA) is 137 Å². The van der Waals surface area contributed by atoms with Crippen LogP contribution in [0, 0.1) is 0 Å². The number of rotatable bonds is 6. The number of nitrogens with one attached hydrogen (secondary N) is 1. The van der Waals surface area contributed by atoms with E-state index in [2.05, 4.69) is 4.98 Å². The fourth-order valence-electron chi connectivity index (χ4n) is 1.05. The standard InChI is InChI=1S/C8H12N2O6S2/c1-8(2-11,3-12)10-18(15,16)7-5(6(13)14)9-4-17-7/h4,10-12H,2-3H2,1H3,(H,13,14). The molecule has 18 heavy (non-hydrogen) atoms. The molecule has 0 fully saturated rings. The van der Waals surface area contributed by atoms with Gasteiger partial charge in [0.15, 0.2) is 9.90 Å². The predicted molar refractivity (Wildman–Crippen MR) is 62.0 cm³/mol. The predicted octanol–water partition coefficient (Wildman–Crippen LogP) is -1.14. The Morgan fingerprint density at radius 2 is 2.06 bits per heavy atom. The van der Waals surface area contributed by atoms with Gasteiger partial charge >= 0.3 is 5.97 Å². The van der Waals surface area contributed by atoms with Gasteiger partial charge in [-0.2, -0.15) is 4.72 Å². The SMILES string of the molecule is CC(CO)(CO)NS(=O)(=O)c1scnc1C(=O)O. The zero-order valence-corrected chi connectivity index (χ0v) is 11.0. The van der Waals surface area contributed by atoms with E-state index >= 15 is 0 Å². The van der Waals surface area contributed by atoms with Gasteiger partial charge in [-0.05, 0) is 6.92 Å². The molecule has 0 aliphatic heterocycles. The van der Waals surface area contributed by atoms with Gasteiger partial charge in [0, 0.05) is 0 Å². The molecule has 0 aromatic carbocycles. The lowest BCUT2D eigenvalue weighted by molar-refractivity contribution is 0.0687. The molecule has 8 nitrogen and oxygen atoms in total. The molecule has 1 rings (SSSR count). The van der Waals surface area contributed by atoms with Gasteiger partial charge in [0.2, 0.25) is 0 Å². The monoisotopic (exact) mass is 296 g/mol. The Morgan fingerprint density at radius 1 is 1.50 bits per heavy atom. The van der Waals surface area contributed by atoms with Gasteiger partial charge in [0.25, 0.3) is 10.0 Å². The Morgan fingerprint density at radius 3 is 2.50 bits per heavy atom. The second-order valence-corrected chi connectivity index (χ2v) is 6.51. The maximum atomic E-state index is 11.9. The van der Waals surface area contributed by atoms with Crippen LogP contribution in [0.1, 0.15) is 17.4 Å². The van der Waals surface area contributed by atoms with Gasteiger partial charge < -0.3 is 15.3 Å². The van der Waals surface area contributed by atoms with Crippen molar-refractivity contribution in [3.8, 4) is 0 Å². The summed E-state index contributed by atoms with van der Waals surface area (Å²) >= 11 is 0.641. The largest absolute Gasteiger partial charge is 0.476 e. The molecule has 0 aliphatic rings. The fourth-order valence-corrected chi connectivity index (χ4v) is 3.59. The molecule has 0 spiro atoms. The highest BCUT2D eigenvalue weighted by atomic mass is 32.2. The van der Waals surface area contributed by atoms with Crippen LogP contribution in [0.4, 0.5) is 0 Å². The highest BCUT2D eigenvalue weighted by Crippen LogP contribution is 2.21. The van der Waals surface area contributed by atoms with Crippen LogP contribution in [0.3, 0.4) is 0 Å². The summed E-state index contributed by atoms with van der Waals surface area (Å²) in [5.41, 5.74) is -0.975. The zero-order chi connectivity index (χ0) is 14.0. The molecule has 0 amide bonds. The lowest BCUT2D eigenvalue weighted by atomic mass is 10.1. The average Bonchev–Trinajstić information content (AvgIpc) is 2.78. The number of aliphatic hydroxyl groups is 2. The van der Waals surface area contributed by atoms with Gasteiger partial charge in [0.1, 0.15) is 0 Å². The third kappa shape index (κ3) is 3.03. The minimum absolute atomic E-state index is 0.469. The lowest BCUT2D eigenvalue weighted by Gasteiger charge is -2.25. The number of hydrogen-bond donors (Lipinski definition) is 4. The minimum Gasteiger partial charge on any atom is -0.476 e. The van der Waals surface area contributed by atoms with Crippen molar-refractivity contribution in [2.75, 3.05) is 13.2 Å². The maximum absolute atomic E-state index is 11.9. The number of carboxylic acids is 1.